The Morgan fingerprint density at radius 3 is 3.06 bits per heavy atom. The van der Waals surface area contributed by atoms with Crippen LogP contribution in [0.1, 0.15) is 27.9 Å². The highest BCUT2D eigenvalue weighted by Gasteiger charge is 2.19. The molecule has 2 aromatic heterocycles. The lowest BCUT2D eigenvalue weighted by Crippen LogP contribution is -2.08. The second-order valence-corrected chi connectivity index (χ2v) is 5.43. The van der Waals surface area contributed by atoms with Crippen molar-refractivity contribution >= 4 is 33.8 Å². The van der Waals surface area contributed by atoms with E-state index in [1.165, 1.54) is 16.4 Å². The van der Waals surface area contributed by atoms with E-state index in [0.717, 1.165) is 5.00 Å². The molecule has 1 N–H and O–H groups in total. The van der Waals surface area contributed by atoms with E-state index in [4.69, 9.17) is 4.74 Å². The van der Waals surface area contributed by atoms with Crippen LogP contribution >= 0.6 is 22.9 Å². The molecule has 0 amide bonds. The molecule has 2 rings (SSSR count). The van der Waals surface area contributed by atoms with Crippen molar-refractivity contribution in [2.24, 2.45) is 0 Å². The lowest BCUT2D eigenvalue weighted by Gasteiger charge is -2.05. The lowest BCUT2D eigenvalue weighted by atomic mass is 10.2. The molecule has 2 heterocycles. The zero-order chi connectivity index (χ0) is 13.0. The molecule has 0 radical (unpaired) electrons. The van der Waals surface area contributed by atoms with Crippen LogP contribution in [0.4, 0.5) is 5.00 Å². The highest BCUT2D eigenvalue weighted by atomic mass is 32.1. The minimum absolute atomic E-state index is 0.308. The Hall–Kier alpha value is -1.40. The van der Waals surface area contributed by atoms with E-state index in [1.54, 1.807) is 18.3 Å². The third kappa shape index (κ3) is 2.88. The maximum atomic E-state index is 11.8. The lowest BCUT2D eigenvalue weighted by molar-refractivity contribution is 0.0527. The first-order valence-electron chi connectivity index (χ1n) is 5.62. The van der Waals surface area contributed by atoms with Gasteiger partial charge in [0.25, 0.3) is 0 Å². The number of nitrogens with zero attached hydrogens (tertiary/aromatic N) is 1. The first kappa shape index (κ1) is 13.0. The number of ether oxygens (including phenoxy) is 1. The number of anilines is 1. The van der Waals surface area contributed by atoms with Crippen molar-refractivity contribution in [2.75, 3.05) is 11.9 Å². The van der Waals surface area contributed by atoms with Crippen LogP contribution in [-0.4, -0.2) is 16.9 Å². The summed E-state index contributed by atoms with van der Waals surface area (Å²) in [5, 5.41) is 6.05. The van der Waals surface area contributed by atoms with Gasteiger partial charge in [-0.2, -0.15) is 4.37 Å². The molecule has 0 saturated heterocycles. The second kappa shape index (κ2) is 5.97. The number of carbonyl (C=O) groups is 1. The van der Waals surface area contributed by atoms with Gasteiger partial charge >= 0.3 is 5.97 Å². The third-order valence-corrected chi connectivity index (χ3v) is 4.12. The van der Waals surface area contributed by atoms with Gasteiger partial charge in [-0.25, -0.2) is 4.79 Å². The Bertz CT molecular complexity index is 520. The van der Waals surface area contributed by atoms with Gasteiger partial charge in [-0.3, -0.25) is 0 Å². The summed E-state index contributed by atoms with van der Waals surface area (Å²) in [6, 6.07) is 4.06. The largest absolute Gasteiger partial charge is 0.462 e. The number of rotatable bonds is 5. The Kier molecular flexibility index (Phi) is 4.33. The molecule has 0 aromatic carbocycles. The molecule has 0 atom stereocenters. The summed E-state index contributed by atoms with van der Waals surface area (Å²) in [5.74, 6) is -0.308. The molecule has 0 spiro atoms. The summed E-state index contributed by atoms with van der Waals surface area (Å²) in [4.78, 5) is 13.0. The van der Waals surface area contributed by atoms with E-state index in [-0.39, 0.29) is 5.97 Å². The van der Waals surface area contributed by atoms with Crippen LogP contribution < -0.4 is 5.32 Å². The zero-order valence-electron chi connectivity index (χ0n) is 10.2. The van der Waals surface area contributed by atoms with Crippen LogP contribution in [0.5, 0.6) is 0 Å². The molecule has 0 aliphatic rings. The molecule has 18 heavy (non-hydrogen) atoms. The topological polar surface area (TPSA) is 51.2 Å². The SMILES string of the molecule is CCOC(=O)c1c(C)nsc1NCc1cccs1. The number of hydrogen-bond donors (Lipinski definition) is 1. The molecule has 0 unspecified atom stereocenters. The molecule has 0 saturated carbocycles. The van der Waals surface area contributed by atoms with Crippen LogP contribution in [-0.2, 0) is 11.3 Å². The average molecular weight is 282 g/mol. The number of nitrogens with one attached hydrogen (secondary N) is 1. The summed E-state index contributed by atoms with van der Waals surface area (Å²) >= 11 is 2.97. The number of thiophene rings is 1. The molecular weight excluding hydrogens is 268 g/mol. The van der Waals surface area contributed by atoms with Crippen molar-refractivity contribution in [3.05, 3.63) is 33.6 Å². The minimum atomic E-state index is -0.308. The first-order chi connectivity index (χ1) is 8.72. The van der Waals surface area contributed by atoms with Gasteiger partial charge in [0, 0.05) is 4.88 Å². The van der Waals surface area contributed by atoms with Gasteiger partial charge in [0.1, 0.15) is 10.6 Å². The fourth-order valence-corrected chi connectivity index (χ4v) is 2.94. The maximum Gasteiger partial charge on any atom is 0.343 e. The summed E-state index contributed by atoms with van der Waals surface area (Å²) < 4.78 is 9.24. The van der Waals surface area contributed by atoms with Gasteiger partial charge in [-0.05, 0) is 36.8 Å². The Balaban J connectivity index is 2.10. The molecule has 0 aliphatic heterocycles. The van der Waals surface area contributed by atoms with Crippen molar-refractivity contribution in [3.63, 3.8) is 0 Å². The maximum absolute atomic E-state index is 11.8. The van der Waals surface area contributed by atoms with Gasteiger partial charge in [0.15, 0.2) is 0 Å². The normalized spacial score (nSPS) is 10.3. The van der Waals surface area contributed by atoms with E-state index < -0.39 is 0 Å². The van der Waals surface area contributed by atoms with Crippen molar-refractivity contribution in [3.8, 4) is 0 Å². The number of aromatic nitrogens is 1. The summed E-state index contributed by atoms with van der Waals surface area (Å²) in [5.41, 5.74) is 1.27. The van der Waals surface area contributed by atoms with E-state index in [0.29, 0.717) is 24.4 Å². The van der Waals surface area contributed by atoms with Crippen LogP contribution in [0.25, 0.3) is 0 Å². The Morgan fingerprint density at radius 1 is 1.56 bits per heavy atom. The summed E-state index contributed by atoms with van der Waals surface area (Å²) in [6.45, 7) is 4.69. The molecule has 0 fully saturated rings. The zero-order valence-corrected chi connectivity index (χ0v) is 11.9. The van der Waals surface area contributed by atoms with Gasteiger partial charge in [-0.15, -0.1) is 11.3 Å². The van der Waals surface area contributed by atoms with E-state index in [9.17, 15) is 4.79 Å². The van der Waals surface area contributed by atoms with Gasteiger partial charge < -0.3 is 10.1 Å². The number of hydrogen-bond acceptors (Lipinski definition) is 6. The molecule has 6 heteroatoms. The van der Waals surface area contributed by atoms with Gasteiger partial charge in [0.05, 0.1) is 18.8 Å². The van der Waals surface area contributed by atoms with Crippen molar-refractivity contribution in [2.45, 2.75) is 20.4 Å². The standard InChI is InChI=1S/C12H14N2O2S2/c1-3-16-12(15)10-8(2)14-18-11(10)13-7-9-5-4-6-17-9/h4-6,13H,3,7H2,1-2H3. The van der Waals surface area contributed by atoms with E-state index >= 15 is 0 Å². The van der Waals surface area contributed by atoms with Crippen LogP contribution in [0.3, 0.4) is 0 Å². The molecule has 96 valence electrons. The summed E-state index contributed by atoms with van der Waals surface area (Å²) in [6.07, 6.45) is 0. The predicted molar refractivity (Wildman–Crippen MR) is 74.5 cm³/mol. The van der Waals surface area contributed by atoms with E-state index in [2.05, 4.69) is 15.8 Å². The van der Waals surface area contributed by atoms with Gasteiger partial charge in [0.2, 0.25) is 0 Å². The average Bonchev–Trinajstić information content (AvgIpc) is 2.96. The smallest absolute Gasteiger partial charge is 0.343 e. The molecule has 0 bridgehead atoms. The van der Waals surface area contributed by atoms with Gasteiger partial charge in [-0.1, -0.05) is 6.07 Å². The van der Waals surface area contributed by atoms with Crippen molar-refractivity contribution < 1.29 is 9.53 Å². The fraction of sp³-hybridized carbons (Fsp3) is 0.333. The third-order valence-electron chi connectivity index (χ3n) is 2.35. The highest BCUT2D eigenvalue weighted by Crippen LogP contribution is 2.26. The first-order valence-corrected chi connectivity index (χ1v) is 7.27. The number of carbonyl (C=O) groups excluding carboxylic acids is 1. The minimum Gasteiger partial charge on any atom is -0.462 e. The number of esters is 1. The van der Waals surface area contributed by atoms with Crippen molar-refractivity contribution in [1.82, 2.24) is 4.37 Å². The molecule has 4 nitrogen and oxygen atoms in total. The predicted octanol–water partition coefficient (Wildman–Crippen LogP) is 3.30. The molecule has 0 aliphatic carbocycles. The van der Waals surface area contributed by atoms with E-state index in [1.807, 2.05) is 18.4 Å². The Labute approximate surface area is 114 Å². The quantitative estimate of drug-likeness (QED) is 0.855. The second-order valence-electron chi connectivity index (χ2n) is 3.63. The number of aryl methyl sites for hydroxylation is 1. The van der Waals surface area contributed by atoms with Crippen LogP contribution in [0.2, 0.25) is 0 Å². The summed E-state index contributed by atoms with van der Waals surface area (Å²) in [7, 11) is 0. The van der Waals surface area contributed by atoms with Crippen LogP contribution in [0.15, 0.2) is 17.5 Å². The highest BCUT2D eigenvalue weighted by molar-refractivity contribution is 7.11. The van der Waals surface area contributed by atoms with Crippen molar-refractivity contribution in [1.29, 1.82) is 0 Å². The fourth-order valence-electron chi connectivity index (χ4n) is 1.51. The Morgan fingerprint density at radius 2 is 2.39 bits per heavy atom. The molecule has 2 aromatic rings. The molecular formula is C12H14N2O2S2. The monoisotopic (exact) mass is 282 g/mol. The van der Waals surface area contributed by atoms with Crippen LogP contribution in [0, 0.1) is 6.92 Å².